The highest BCUT2D eigenvalue weighted by molar-refractivity contribution is 5.94. The van der Waals surface area contributed by atoms with Gasteiger partial charge in [0.05, 0.1) is 0 Å². The van der Waals surface area contributed by atoms with E-state index < -0.39 is 0 Å². The topological polar surface area (TPSA) is 85.8 Å². The van der Waals surface area contributed by atoms with Crippen LogP contribution in [0.5, 0.6) is 0 Å². The second-order valence-electron chi connectivity index (χ2n) is 6.44. The van der Waals surface area contributed by atoms with Gasteiger partial charge in [-0.15, -0.1) is 0 Å². The van der Waals surface area contributed by atoms with Gasteiger partial charge in [0.15, 0.2) is 5.96 Å². The Morgan fingerprint density at radius 1 is 1.38 bits per heavy atom. The molecule has 1 atom stereocenters. The summed E-state index contributed by atoms with van der Waals surface area (Å²) in [6.07, 6.45) is 2.14. The van der Waals surface area contributed by atoms with E-state index in [1.54, 1.807) is 18.0 Å². The quantitative estimate of drug-likeness (QED) is 0.517. The van der Waals surface area contributed by atoms with E-state index >= 15 is 0 Å². The summed E-state index contributed by atoms with van der Waals surface area (Å²) in [5.74, 6) is 0.880. The molecular formula is C19H29N5O2. The number of nitrogens with zero attached hydrogens (tertiary/aromatic N) is 2. The molecule has 7 heteroatoms. The molecule has 1 aliphatic heterocycles. The number of likely N-dealkylation sites (N-methyl/N-ethyl adjacent to an activating group) is 1. The summed E-state index contributed by atoms with van der Waals surface area (Å²) in [5.41, 5.74) is 1.74. The van der Waals surface area contributed by atoms with Crippen molar-refractivity contribution in [3.8, 4) is 0 Å². The van der Waals surface area contributed by atoms with Crippen LogP contribution in [0.4, 0.5) is 0 Å². The fourth-order valence-electron chi connectivity index (χ4n) is 2.95. The van der Waals surface area contributed by atoms with E-state index in [2.05, 4.69) is 20.9 Å². The van der Waals surface area contributed by atoms with Crippen molar-refractivity contribution in [2.75, 3.05) is 33.7 Å². The van der Waals surface area contributed by atoms with Gasteiger partial charge in [0, 0.05) is 51.8 Å². The van der Waals surface area contributed by atoms with Crippen LogP contribution < -0.4 is 16.0 Å². The molecule has 142 valence electrons. The van der Waals surface area contributed by atoms with E-state index in [9.17, 15) is 9.59 Å². The van der Waals surface area contributed by atoms with Crippen LogP contribution >= 0.6 is 0 Å². The zero-order valence-corrected chi connectivity index (χ0v) is 15.8. The molecule has 0 bridgehead atoms. The van der Waals surface area contributed by atoms with Crippen molar-refractivity contribution in [1.82, 2.24) is 20.9 Å². The minimum atomic E-state index is -0.0821. The maximum absolute atomic E-state index is 11.7. The molecule has 0 aliphatic carbocycles. The summed E-state index contributed by atoms with van der Waals surface area (Å²) in [5, 5.41) is 9.30. The number of piperidine rings is 1. The van der Waals surface area contributed by atoms with Crippen molar-refractivity contribution in [2.45, 2.75) is 32.2 Å². The Hall–Kier alpha value is -2.57. The molecule has 2 amide bonds. The predicted octanol–water partition coefficient (Wildman–Crippen LogP) is 0.765. The summed E-state index contributed by atoms with van der Waals surface area (Å²) in [4.78, 5) is 29.7. The first-order valence-corrected chi connectivity index (χ1v) is 9.13. The van der Waals surface area contributed by atoms with Gasteiger partial charge in [-0.3, -0.25) is 14.6 Å². The first-order chi connectivity index (χ1) is 12.5. The van der Waals surface area contributed by atoms with Crippen LogP contribution in [0.3, 0.4) is 0 Å². The summed E-state index contributed by atoms with van der Waals surface area (Å²) in [6.45, 7) is 4.12. The molecule has 1 saturated heterocycles. The lowest BCUT2D eigenvalue weighted by Crippen LogP contribution is -2.51. The minimum absolute atomic E-state index is 0.0821. The Morgan fingerprint density at radius 2 is 2.19 bits per heavy atom. The Kier molecular flexibility index (Phi) is 7.44. The third-order valence-electron chi connectivity index (χ3n) is 4.40. The van der Waals surface area contributed by atoms with E-state index in [1.165, 1.54) is 0 Å². The van der Waals surface area contributed by atoms with Crippen LogP contribution in [-0.2, 0) is 11.2 Å². The largest absolute Gasteiger partial charge is 0.357 e. The average molecular weight is 359 g/mol. The van der Waals surface area contributed by atoms with Crippen LogP contribution in [0.25, 0.3) is 0 Å². The summed E-state index contributed by atoms with van der Waals surface area (Å²) >= 11 is 0. The SMILES string of the molecule is CCNC(=NCCc1cccc(C(=O)NC)c1)NC1CCC(=O)N(C)C1. The number of likely N-dealkylation sites (tertiary alicyclic amines) is 1. The number of benzene rings is 1. The van der Waals surface area contributed by atoms with E-state index in [1.807, 2.05) is 32.2 Å². The maximum atomic E-state index is 11.7. The molecule has 1 heterocycles. The minimum Gasteiger partial charge on any atom is -0.357 e. The van der Waals surface area contributed by atoms with Crippen LogP contribution in [-0.4, -0.2) is 62.4 Å². The van der Waals surface area contributed by atoms with Crippen molar-refractivity contribution in [3.63, 3.8) is 0 Å². The van der Waals surface area contributed by atoms with Crippen molar-refractivity contribution < 1.29 is 9.59 Å². The lowest BCUT2D eigenvalue weighted by Gasteiger charge is -2.31. The molecule has 7 nitrogen and oxygen atoms in total. The van der Waals surface area contributed by atoms with Gasteiger partial charge in [0.1, 0.15) is 0 Å². The van der Waals surface area contributed by atoms with Gasteiger partial charge in [-0.05, 0) is 37.5 Å². The number of hydrogen-bond donors (Lipinski definition) is 3. The molecule has 1 aliphatic rings. The lowest BCUT2D eigenvalue weighted by molar-refractivity contribution is -0.132. The summed E-state index contributed by atoms with van der Waals surface area (Å²) in [7, 11) is 3.46. The number of aliphatic imine (C=N–C) groups is 1. The number of amides is 2. The van der Waals surface area contributed by atoms with Crippen LogP contribution in [0.15, 0.2) is 29.3 Å². The number of carbonyl (C=O) groups is 2. The number of guanidine groups is 1. The van der Waals surface area contributed by atoms with Crippen molar-refractivity contribution in [3.05, 3.63) is 35.4 Å². The highest BCUT2D eigenvalue weighted by atomic mass is 16.2. The van der Waals surface area contributed by atoms with Crippen molar-refractivity contribution >= 4 is 17.8 Å². The zero-order chi connectivity index (χ0) is 18.9. The molecule has 26 heavy (non-hydrogen) atoms. The van der Waals surface area contributed by atoms with E-state index in [0.29, 0.717) is 25.1 Å². The number of rotatable bonds is 6. The highest BCUT2D eigenvalue weighted by Crippen LogP contribution is 2.10. The van der Waals surface area contributed by atoms with Gasteiger partial charge in [-0.1, -0.05) is 12.1 Å². The average Bonchev–Trinajstić information content (AvgIpc) is 2.64. The third-order valence-corrected chi connectivity index (χ3v) is 4.40. The number of carbonyl (C=O) groups excluding carboxylic acids is 2. The fraction of sp³-hybridized carbons (Fsp3) is 0.526. The van der Waals surface area contributed by atoms with Crippen LogP contribution in [0, 0.1) is 0 Å². The third kappa shape index (κ3) is 5.75. The normalized spacial score (nSPS) is 17.8. The van der Waals surface area contributed by atoms with E-state index in [4.69, 9.17) is 0 Å². The predicted molar refractivity (Wildman–Crippen MR) is 103 cm³/mol. The molecule has 0 spiro atoms. The second kappa shape index (κ2) is 9.79. The van der Waals surface area contributed by atoms with E-state index in [-0.39, 0.29) is 17.9 Å². The molecule has 1 unspecified atom stereocenters. The van der Waals surface area contributed by atoms with Crippen molar-refractivity contribution in [1.29, 1.82) is 0 Å². The zero-order valence-electron chi connectivity index (χ0n) is 15.8. The van der Waals surface area contributed by atoms with Crippen LogP contribution in [0.2, 0.25) is 0 Å². The number of hydrogen-bond acceptors (Lipinski definition) is 3. The molecule has 1 aromatic carbocycles. The maximum Gasteiger partial charge on any atom is 0.251 e. The van der Waals surface area contributed by atoms with Gasteiger partial charge >= 0.3 is 0 Å². The van der Waals surface area contributed by atoms with Crippen LogP contribution in [0.1, 0.15) is 35.7 Å². The first-order valence-electron chi connectivity index (χ1n) is 9.13. The summed E-state index contributed by atoms with van der Waals surface area (Å²) in [6, 6.07) is 7.81. The molecular weight excluding hydrogens is 330 g/mol. The van der Waals surface area contributed by atoms with Gasteiger partial charge in [-0.25, -0.2) is 0 Å². The molecule has 1 aromatic rings. The first kappa shape index (κ1) is 19.8. The molecule has 0 saturated carbocycles. The Bertz CT molecular complexity index is 659. The van der Waals surface area contributed by atoms with Gasteiger partial charge in [-0.2, -0.15) is 0 Å². The molecule has 2 rings (SSSR count). The Labute approximate surface area is 155 Å². The molecule has 3 N–H and O–H groups in total. The molecule has 0 radical (unpaired) electrons. The Morgan fingerprint density at radius 3 is 2.88 bits per heavy atom. The van der Waals surface area contributed by atoms with Gasteiger partial charge in [0.25, 0.3) is 5.91 Å². The van der Waals surface area contributed by atoms with Gasteiger partial charge < -0.3 is 20.9 Å². The molecule has 0 aromatic heterocycles. The van der Waals surface area contributed by atoms with Gasteiger partial charge in [0.2, 0.25) is 5.91 Å². The smallest absolute Gasteiger partial charge is 0.251 e. The fourth-order valence-corrected chi connectivity index (χ4v) is 2.95. The second-order valence-corrected chi connectivity index (χ2v) is 6.44. The standard InChI is InChI=1S/C19H29N5O2/c1-4-21-19(23-16-8-9-17(25)24(3)13-16)22-11-10-14-6-5-7-15(12-14)18(26)20-2/h5-7,12,16H,4,8-11,13H2,1-3H3,(H,20,26)(H2,21,22,23). The summed E-state index contributed by atoms with van der Waals surface area (Å²) < 4.78 is 0. The Balaban J connectivity index is 1.92. The van der Waals surface area contributed by atoms with E-state index in [0.717, 1.165) is 30.9 Å². The van der Waals surface area contributed by atoms with Crippen molar-refractivity contribution in [2.24, 2.45) is 4.99 Å². The monoisotopic (exact) mass is 359 g/mol. The lowest BCUT2D eigenvalue weighted by atomic mass is 10.1. The number of nitrogens with one attached hydrogen (secondary N) is 3. The highest BCUT2D eigenvalue weighted by Gasteiger charge is 2.23. The molecule has 1 fully saturated rings.